The highest BCUT2D eigenvalue weighted by molar-refractivity contribution is 5.68. The molecule has 2 heterocycles. The average molecular weight is 499 g/mol. The Bertz CT molecular complexity index is 629. The number of aliphatic imine (C=N–C) groups is 1. The molecule has 0 radical (unpaired) electrons. The third kappa shape index (κ3) is 10.8. The summed E-state index contributed by atoms with van der Waals surface area (Å²) in [5.74, 6) is -0.329. The topological polar surface area (TPSA) is 131 Å². The van der Waals surface area contributed by atoms with Crippen molar-refractivity contribution in [3.05, 3.63) is 0 Å². The lowest BCUT2D eigenvalue weighted by atomic mass is 9.85. The lowest BCUT2D eigenvalue weighted by molar-refractivity contribution is -0.914. The number of piperidine rings is 1. The number of aliphatic hydroxyl groups excluding tert-OH is 1. The van der Waals surface area contributed by atoms with Crippen molar-refractivity contribution in [1.82, 2.24) is 16.0 Å². The number of carboxylic acid groups (broad SMARTS) is 1. The number of rotatable bonds is 18. The first-order chi connectivity index (χ1) is 16.8. The average Bonchev–Trinajstić information content (AvgIpc) is 3.34. The minimum atomic E-state index is -1.16. The Morgan fingerprint density at radius 3 is 2.71 bits per heavy atom. The highest BCUT2D eigenvalue weighted by atomic mass is 16.4. The smallest absolute Gasteiger partial charge is 0.306 e. The summed E-state index contributed by atoms with van der Waals surface area (Å²) in [7, 11) is 2.02. The predicted molar refractivity (Wildman–Crippen MR) is 140 cm³/mol. The fraction of sp³-hybridized carbons (Fsp3) is 0.923. The van der Waals surface area contributed by atoms with E-state index in [4.69, 9.17) is 5.11 Å². The fourth-order valence-corrected chi connectivity index (χ4v) is 5.80. The zero-order chi connectivity index (χ0) is 25.7. The fourth-order valence-electron chi connectivity index (χ4n) is 5.80. The number of hydrogen-bond acceptors (Lipinski definition) is 7. The molecule has 2 aliphatic heterocycles. The van der Waals surface area contributed by atoms with Crippen LogP contribution in [0.15, 0.2) is 4.99 Å². The van der Waals surface area contributed by atoms with E-state index in [1.807, 2.05) is 20.2 Å². The van der Waals surface area contributed by atoms with Gasteiger partial charge in [0.2, 0.25) is 0 Å². The number of quaternary nitrogens is 1. The molecule has 9 heteroatoms. The quantitative estimate of drug-likeness (QED) is 0.134. The Hall–Kier alpha value is -1.10. The van der Waals surface area contributed by atoms with E-state index < -0.39 is 11.6 Å². The number of nitrogens with one attached hydrogen (secondary N) is 4. The Morgan fingerprint density at radius 1 is 1.29 bits per heavy atom. The van der Waals surface area contributed by atoms with E-state index in [0.717, 1.165) is 71.2 Å². The number of hydrogen-bond donors (Lipinski definition) is 7. The molecule has 0 aliphatic carbocycles. The lowest BCUT2D eigenvalue weighted by Crippen LogP contribution is -3.16. The van der Waals surface area contributed by atoms with Gasteiger partial charge in [-0.3, -0.25) is 4.79 Å². The van der Waals surface area contributed by atoms with Crippen molar-refractivity contribution in [3.63, 3.8) is 0 Å². The molecule has 35 heavy (non-hydrogen) atoms. The normalized spacial score (nSPS) is 29.2. The number of nitrogens with zero attached hydrogens (tertiary/aromatic N) is 1. The van der Waals surface area contributed by atoms with E-state index in [2.05, 4.69) is 27.9 Å². The minimum absolute atomic E-state index is 0.134. The van der Waals surface area contributed by atoms with Crippen LogP contribution in [0.1, 0.15) is 78.1 Å². The third-order valence-electron chi connectivity index (χ3n) is 7.90. The predicted octanol–water partition coefficient (Wildman–Crippen LogP) is 0.165. The number of carbonyl (C=O) groups is 1. The van der Waals surface area contributed by atoms with Gasteiger partial charge >= 0.3 is 5.97 Å². The van der Waals surface area contributed by atoms with Crippen LogP contribution in [-0.2, 0) is 4.79 Å². The third-order valence-corrected chi connectivity index (χ3v) is 7.90. The molecule has 0 aromatic heterocycles. The first-order valence-corrected chi connectivity index (χ1v) is 13.8. The molecule has 0 amide bonds. The van der Waals surface area contributed by atoms with E-state index in [0.29, 0.717) is 31.0 Å². The summed E-state index contributed by atoms with van der Waals surface area (Å²) in [6, 6.07) is 0.952. The Morgan fingerprint density at radius 2 is 2.06 bits per heavy atom. The van der Waals surface area contributed by atoms with Gasteiger partial charge in [0, 0.05) is 19.0 Å². The van der Waals surface area contributed by atoms with E-state index in [1.54, 1.807) is 0 Å². The molecule has 0 saturated carbocycles. The van der Waals surface area contributed by atoms with Gasteiger partial charge in [-0.05, 0) is 58.7 Å². The number of carboxylic acids is 1. The van der Waals surface area contributed by atoms with Crippen LogP contribution >= 0.6 is 0 Å². The van der Waals surface area contributed by atoms with Crippen molar-refractivity contribution >= 4 is 12.2 Å². The molecule has 2 aliphatic rings. The summed E-state index contributed by atoms with van der Waals surface area (Å²) in [5.41, 5.74) is -1.16. The van der Waals surface area contributed by atoms with E-state index >= 15 is 0 Å². The number of likely N-dealkylation sites (N-methyl/N-ethyl adjacent to an activating group) is 1. The molecule has 0 bridgehead atoms. The Balaban J connectivity index is 1.73. The van der Waals surface area contributed by atoms with Crippen LogP contribution in [0.3, 0.4) is 0 Å². The second kappa shape index (κ2) is 15.9. The van der Waals surface area contributed by atoms with Gasteiger partial charge in [-0.25, -0.2) is 4.99 Å². The van der Waals surface area contributed by atoms with Crippen molar-refractivity contribution in [3.8, 4) is 0 Å². The molecule has 1 unspecified atom stereocenters. The molecular formula is C26H52N5O4+. The van der Waals surface area contributed by atoms with Gasteiger partial charge < -0.3 is 36.2 Å². The van der Waals surface area contributed by atoms with Gasteiger partial charge in [0.1, 0.15) is 12.6 Å². The van der Waals surface area contributed by atoms with Crippen molar-refractivity contribution in [2.75, 3.05) is 39.9 Å². The molecule has 7 N–H and O–H groups in total. The minimum Gasteiger partial charge on any atom is -0.481 e. The van der Waals surface area contributed by atoms with Crippen LogP contribution in [-0.4, -0.2) is 97.2 Å². The lowest BCUT2D eigenvalue weighted by Gasteiger charge is -2.41. The van der Waals surface area contributed by atoms with Crippen LogP contribution in [0.25, 0.3) is 0 Å². The van der Waals surface area contributed by atoms with E-state index in [-0.39, 0.29) is 18.6 Å². The maximum atomic E-state index is 11.1. The van der Waals surface area contributed by atoms with E-state index in [1.165, 1.54) is 11.3 Å². The summed E-state index contributed by atoms with van der Waals surface area (Å²) in [6.07, 6.45) is 10.5. The second-order valence-electron chi connectivity index (χ2n) is 10.9. The summed E-state index contributed by atoms with van der Waals surface area (Å²) >= 11 is 0. The van der Waals surface area contributed by atoms with Crippen LogP contribution in [0.2, 0.25) is 0 Å². The highest BCUT2D eigenvalue weighted by Crippen LogP contribution is 2.23. The zero-order valence-corrected chi connectivity index (χ0v) is 22.3. The highest BCUT2D eigenvalue weighted by Gasteiger charge is 2.40. The molecule has 0 spiro atoms. The van der Waals surface area contributed by atoms with Gasteiger partial charge in [0.05, 0.1) is 30.4 Å². The van der Waals surface area contributed by atoms with Crippen LogP contribution in [0.4, 0.5) is 0 Å². The molecule has 7 atom stereocenters. The Labute approximate surface area is 212 Å². The van der Waals surface area contributed by atoms with Crippen LogP contribution in [0, 0.1) is 5.92 Å². The molecule has 0 aromatic rings. The molecular weight excluding hydrogens is 446 g/mol. The molecule has 9 nitrogen and oxygen atoms in total. The standard InChI is InChI=1S/C26H51N5O4/c1-4-28-18-26(35,16-25(33)34)12-8-6-5-7-9-21(17-27-3)10-11-22-23(31-14-13-29-19-31)15-24(32)20(2)30-22/h13,20-24,27-28,30,32,35H,4-12,14-19H2,1-3H3,(H,33,34)/p+1/t20-,21+,22+,23-,24+,26+/m0/s1. The first kappa shape index (κ1) is 30.1. The summed E-state index contributed by atoms with van der Waals surface area (Å²) in [4.78, 5) is 17.0. The van der Waals surface area contributed by atoms with Gasteiger partial charge in [-0.15, -0.1) is 0 Å². The van der Waals surface area contributed by atoms with Gasteiger partial charge in [-0.2, -0.15) is 0 Å². The van der Waals surface area contributed by atoms with Gasteiger partial charge in [0.25, 0.3) is 0 Å². The maximum absolute atomic E-state index is 11.1. The molecule has 2 rings (SSSR count). The van der Waals surface area contributed by atoms with Crippen molar-refractivity contribution in [1.29, 1.82) is 0 Å². The maximum Gasteiger partial charge on any atom is 0.306 e. The number of aliphatic carboxylic acids is 1. The first-order valence-electron chi connectivity index (χ1n) is 13.8. The molecule has 0 aromatic carbocycles. The van der Waals surface area contributed by atoms with Crippen molar-refractivity contribution in [2.24, 2.45) is 10.9 Å². The largest absolute Gasteiger partial charge is 0.481 e. The van der Waals surface area contributed by atoms with Gasteiger partial charge in [-0.1, -0.05) is 32.6 Å². The van der Waals surface area contributed by atoms with E-state index in [9.17, 15) is 15.0 Å². The van der Waals surface area contributed by atoms with Gasteiger partial charge in [0.15, 0.2) is 6.67 Å². The molecule has 1 fully saturated rings. The molecule has 1 saturated heterocycles. The summed E-state index contributed by atoms with van der Waals surface area (Å²) < 4.78 is 0. The molecule has 204 valence electrons. The van der Waals surface area contributed by atoms with Crippen molar-refractivity contribution < 1.29 is 25.0 Å². The number of aliphatic hydroxyl groups is 2. The zero-order valence-electron chi connectivity index (χ0n) is 22.3. The van der Waals surface area contributed by atoms with Crippen LogP contribution in [0.5, 0.6) is 0 Å². The Kier molecular flexibility index (Phi) is 13.7. The number of unbranched alkanes of at least 4 members (excludes halogenated alkanes) is 3. The van der Waals surface area contributed by atoms with Crippen LogP contribution < -0.4 is 20.9 Å². The second-order valence-corrected chi connectivity index (χ2v) is 10.9. The summed E-state index contributed by atoms with van der Waals surface area (Å²) in [6.45, 7) is 7.88. The SMILES string of the molecule is CCNC[C@@](O)(CCCCCC[C@H](CC[C@H]1N[C@@H](C)[C@H](O)C[C@@H]1[NH+]1CC=NC1)CNC)CC(=O)O. The van der Waals surface area contributed by atoms with Crippen molar-refractivity contribution in [2.45, 2.75) is 108 Å². The monoisotopic (exact) mass is 498 g/mol. The summed E-state index contributed by atoms with van der Waals surface area (Å²) in [5, 5.41) is 40.4.